The van der Waals surface area contributed by atoms with Gasteiger partial charge in [-0.25, -0.2) is 4.79 Å². The van der Waals surface area contributed by atoms with E-state index < -0.39 is 36.3 Å². The van der Waals surface area contributed by atoms with Crippen molar-refractivity contribution in [3.8, 4) is 0 Å². The van der Waals surface area contributed by atoms with E-state index in [9.17, 15) is 19.2 Å². The summed E-state index contributed by atoms with van der Waals surface area (Å²) in [6, 6.07) is 5.92. The summed E-state index contributed by atoms with van der Waals surface area (Å²) in [6.07, 6.45) is 0.785. The molecule has 0 fully saturated rings. The highest BCUT2D eigenvalue weighted by molar-refractivity contribution is 6.55. The lowest BCUT2D eigenvalue weighted by Crippen LogP contribution is -2.47. The van der Waals surface area contributed by atoms with E-state index in [0.29, 0.717) is 12.1 Å². The molecule has 0 bridgehead atoms. The van der Waals surface area contributed by atoms with Crippen molar-refractivity contribution in [1.29, 1.82) is 0 Å². The van der Waals surface area contributed by atoms with Crippen LogP contribution in [0.1, 0.15) is 53.5 Å². The molecule has 0 spiro atoms. The van der Waals surface area contributed by atoms with Gasteiger partial charge >= 0.3 is 5.97 Å². The molecule has 1 N–H and O–H groups in total. The van der Waals surface area contributed by atoms with Crippen molar-refractivity contribution in [3.05, 3.63) is 61.0 Å². The first-order valence-corrected chi connectivity index (χ1v) is 12.3. The average Bonchev–Trinajstić information content (AvgIpc) is 3.08. The fourth-order valence-corrected chi connectivity index (χ4v) is 4.79. The van der Waals surface area contributed by atoms with Crippen molar-refractivity contribution in [2.24, 2.45) is 5.92 Å². The van der Waals surface area contributed by atoms with Crippen molar-refractivity contribution in [2.45, 2.75) is 39.7 Å². The van der Waals surface area contributed by atoms with Crippen molar-refractivity contribution >= 4 is 75.8 Å². The third-order valence-corrected chi connectivity index (χ3v) is 7.23. The number of hydrogen-bond acceptors (Lipinski definition) is 5. The van der Waals surface area contributed by atoms with Gasteiger partial charge in [0.2, 0.25) is 0 Å². The van der Waals surface area contributed by atoms with Crippen molar-refractivity contribution in [3.63, 3.8) is 0 Å². The Balaban J connectivity index is 1.82. The summed E-state index contributed by atoms with van der Waals surface area (Å²) in [4.78, 5) is 52.6. The van der Waals surface area contributed by atoms with Crippen LogP contribution < -0.4 is 5.32 Å². The number of benzene rings is 2. The van der Waals surface area contributed by atoms with Crippen LogP contribution >= 0.6 is 46.4 Å². The highest BCUT2D eigenvalue weighted by Gasteiger charge is 2.47. The zero-order valence-corrected chi connectivity index (χ0v) is 22.1. The number of aryl methyl sites for hydroxylation is 1. The van der Waals surface area contributed by atoms with Crippen LogP contribution in [-0.4, -0.2) is 41.2 Å². The van der Waals surface area contributed by atoms with Crippen LogP contribution in [0.3, 0.4) is 0 Å². The number of anilines is 1. The molecule has 1 atom stereocenters. The predicted octanol–water partition coefficient (Wildman–Crippen LogP) is 6.06. The SMILES string of the molecule is CCc1ccccc1NC(=O)COC(=O)[C@H](CC(C)C)N1C(=O)c2c(Cl)c(Cl)c(Cl)c(Cl)c2C1=O. The molecule has 1 aliphatic heterocycles. The summed E-state index contributed by atoms with van der Waals surface area (Å²) in [5.41, 5.74) is 1.06. The van der Waals surface area contributed by atoms with Gasteiger partial charge in [0.1, 0.15) is 6.04 Å². The molecule has 1 aliphatic rings. The Morgan fingerprint density at radius 1 is 0.943 bits per heavy atom. The number of esters is 1. The fraction of sp³-hybridized carbons (Fsp3) is 0.333. The molecular formula is C24H22Cl4N2O5. The van der Waals surface area contributed by atoms with E-state index in [1.165, 1.54) is 0 Å². The topological polar surface area (TPSA) is 92.8 Å². The Morgan fingerprint density at radius 2 is 1.49 bits per heavy atom. The first-order chi connectivity index (χ1) is 16.5. The monoisotopic (exact) mass is 558 g/mol. The summed E-state index contributed by atoms with van der Waals surface area (Å²) in [5, 5.41) is 1.88. The van der Waals surface area contributed by atoms with Crippen LogP contribution in [0.5, 0.6) is 0 Å². The Hall–Kier alpha value is -2.32. The molecule has 3 amide bonds. The number of hydrogen-bond donors (Lipinski definition) is 1. The quantitative estimate of drug-likeness (QED) is 0.184. The van der Waals surface area contributed by atoms with Crippen molar-refractivity contribution in [1.82, 2.24) is 4.90 Å². The van der Waals surface area contributed by atoms with Crippen molar-refractivity contribution in [2.75, 3.05) is 11.9 Å². The van der Waals surface area contributed by atoms with E-state index in [0.717, 1.165) is 10.5 Å². The molecule has 35 heavy (non-hydrogen) atoms. The number of nitrogens with zero attached hydrogens (tertiary/aromatic N) is 1. The van der Waals surface area contributed by atoms with E-state index in [1.54, 1.807) is 26.0 Å². The first kappa shape index (κ1) is 27.3. The minimum Gasteiger partial charge on any atom is -0.454 e. The first-order valence-electron chi connectivity index (χ1n) is 10.8. The number of rotatable bonds is 8. The average molecular weight is 560 g/mol. The minimum absolute atomic E-state index is 0.0846. The minimum atomic E-state index is -1.32. The molecule has 7 nitrogen and oxygen atoms in total. The van der Waals surface area contributed by atoms with Gasteiger partial charge in [0, 0.05) is 5.69 Å². The highest BCUT2D eigenvalue weighted by atomic mass is 35.5. The second-order valence-corrected chi connectivity index (χ2v) is 9.81. The van der Waals surface area contributed by atoms with Gasteiger partial charge in [-0.1, -0.05) is 85.4 Å². The van der Waals surface area contributed by atoms with Gasteiger partial charge in [0.15, 0.2) is 6.61 Å². The summed E-state index contributed by atoms with van der Waals surface area (Å²) in [5.74, 6) is -3.29. The second kappa shape index (κ2) is 11.2. The van der Waals surface area contributed by atoms with E-state index in [-0.39, 0.29) is 43.6 Å². The fourth-order valence-electron chi connectivity index (χ4n) is 3.77. The molecule has 186 valence electrons. The van der Waals surface area contributed by atoms with Crippen molar-refractivity contribution < 1.29 is 23.9 Å². The molecule has 0 saturated heterocycles. The van der Waals surface area contributed by atoms with E-state index in [2.05, 4.69) is 5.32 Å². The Morgan fingerprint density at radius 3 is 2.00 bits per heavy atom. The van der Waals surface area contributed by atoms with Gasteiger partial charge in [-0.05, 0) is 30.4 Å². The normalized spacial score (nSPS) is 13.8. The number of carbonyl (C=O) groups is 4. The number of nitrogens with one attached hydrogen (secondary N) is 1. The summed E-state index contributed by atoms with van der Waals surface area (Å²) in [6.45, 7) is 4.96. The molecule has 2 aromatic rings. The molecule has 11 heteroatoms. The molecule has 0 unspecified atom stereocenters. The number of ether oxygens (including phenoxy) is 1. The molecule has 0 aromatic heterocycles. The predicted molar refractivity (Wildman–Crippen MR) is 136 cm³/mol. The Kier molecular flexibility index (Phi) is 8.70. The van der Waals surface area contributed by atoms with Gasteiger partial charge in [-0.15, -0.1) is 0 Å². The number of amides is 3. The largest absolute Gasteiger partial charge is 0.454 e. The summed E-state index contributed by atoms with van der Waals surface area (Å²) in [7, 11) is 0. The molecular weight excluding hydrogens is 538 g/mol. The van der Waals surface area contributed by atoms with Crippen LogP contribution in [-0.2, 0) is 20.7 Å². The van der Waals surface area contributed by atoms with Gasteiger partial charge in [0.05, 0.1) is 31.2 Å². The van der Waals surface area contributed by atoms with E-state index in [1.807, 2.05) is 19.1 Å². The van der Waals surface area contributed by atoms with Gasteiger partial charge in [0.25, 0.3) is 17.7 Å². The summed E-state index contributed by atoms with van der Waals surface area (Å²) < 4.78 is 5.21. The molecule has 1 heterocycles. The Bertz CT molecular complexity index is 1170. The zero-order chi connectivity index (χ0) is 26.0. The highest BCUT2D eigenvalue weighted by Crippen LogP contribution is 2.45. The smallest absolute Gasteiger partial charge is 0.329 e. The Labute approximate surface area is 222 Å². The lowest BCUT2D eigenvalue weighted by molar-refractivity contribution is -0.151. The number of carbonyl (C=O) groups excluding carboxylic acids is 4. The molecule has 2 aromatic carbocycles. The van der Waals surface area contributed by atoms with E-state index in [4.69, 9.17) is 51.1 Å². The maximum atomic E-state index is 13.2. The van der Waals surface area contributed by atoms with Crippen LogP contribution in [0.25, 0.3) is 0 Å². The third-order valence-electron chi connectivity index (χ3n) is 5.43. The van der Waals surface area contributed by atoms with Crippen LogP contribution in [0.2, 0.25) is 20.1 Å². The number of halogens is 4. The lowest BCUT2D eigenvalue weighted by atomic mass is 10.0. The maximum absolute atomic E-state index is 13.2. The number of fused-ring (bicyclic) bond motifs is 1. The molecule has 0 aliphatic carbocycles. The lowest BCUT2D eigenvalue weighted by Gasteiger charge is -2.26. The van der Waals surface area contributed by atoms with Gasteiger partial charge in [-0.2, -0.15) is 0 Å². The number of para-hydroxylation sites is 1. The van der Waals surface area contributed by atoms with Gasteiger partial charge in [-0.3, -0.25) is 19.3 Å². The molecule has 0 radical (unpaired) electrons. The van der Waals surface area contributed by atoms with Gasteiger partial charge < -0.3 is 10.1 Å². The third kappa shape index (κ3) is 5.43. The van der Waals surface area contributed by atoms with Crippen LogP contribution in [0.15, 0.2) is 24.3 Å². The summed E-state index contributed by atoms with van der Waals surface area (Å²) >= 11 is 24.5. The second-order valence-electron chi connectivity index (χ2n) is 8.30. The van der Waals surface area contributed by atoms with E-state index >= 15 is 0 Å². The number of imide groups is 1. The zero-order valence-electron chi connectivity index (χ0n) is 19.1. The van der Waals surface area contributed by atoms with Crippen LogP contribution in [0, 0.1) is 5.92 Å². The standard InChI is InChI=1S/C24H22Cl4N2O5/c1-4-12-7-5-6-8-13(12)29-15(31)10-35-24(34)14(9-11(2)3)30-22(32)16-17(23(30)33)19(26)21(28)20(27)18(16)25/h5-8,11,14H,4,9-10H2,1-3H3,(H,29,31)/t14-/m0/s1. The molecule has 0 saturated carbocycles. The molecule has 3 rings (SSSR count). The maximum Gasteiger partial charge on any atom is 0.329 e. The van der Waals surface area contributed by atoms with Crippen LogP contribution in [0.4, 0.5) is 5.69 Å².